The molecule has 8 nitrogen and oxygen atoms in total. The smallest absolute Gasteiger partial charge is 0.354 e. The molecule has 0 aliphatic rings. The molecule has 0 unspecified atom stereocenters. The summed E-state index contributed by atoms with van der Waals surface area (Å²) in [5.41, 5.74) is 0.470. The average Bonchev–Trinajstić information content (AvgIpc) is 2.76. The van der Waals surface area contributed by atoms with Crippen molar-refractivity contribution in [2.45, 2.75) is 27.2 Å². The molecule has 0 radical (unpaired) electrons. The maximum atomic E-state index is 12.7. The third-order valence-electron chi connectivity index (χ3n) is 4.00. The Kier molecular flexibility index (Phi) is 8.75. The van der Waals surface area contributed by atoms with Crippen LogP contribution in [0.2, 0.25) is 0 Å². The van der Waals surface area contributed by atoms with E-state index in [4.69, 9.17) is 9.47 Å². The fourth-order valence-electron chi connectivity index (χ4n) is 2.47. The van der Waals surface area contributed by atoms with Gasteiger partial charge >= 0.3 is 5.97 Å². The van der Waals surface area contributed by atoms with Gasteiger partial charge in [-0.05, 0) is 48.2 Å². The zero-order valence-corrected chi connectivity index (χ0v) is 17.8. The van der Waals surface area contributed by atoms with Crippen LogP contribution in [0.4, 0.5) is 5.69 Å². The van der Waals surface area contributed by atoms with Gasteiger partial charge in [0.1, 0.15) is 11.4 Å². The molecule has 1 amide bonds. The first-order valence-electron chi connectivity index (χ1n) is 9.97. The van der Waals surface area contributed by atoms with E-state index in [-0.39, 0.29) is 18.0 Å². The van der Waals surface area contributed by atoms with Crippen molar-refractivity contribution < 1.29 is 24.0 Å². The number of nitrogens with one attached hydrogen (secondary N) is 1. The fraction of sp³-hybridized carbons (Fsp3) is 0.304. The number of rotatable bonds is 10. The highest BCUT2D eigenvalue weighted by molar-refractivity contribution is 6.03. The highest BCUT2D eigenvalue weighted by atomic mass is 16.6. The Morgan fingerprint density at radius 1 is 1.16 bits per heavy atom. The number of nitro groups is 1. The van der Waals surface area contributed by atoms with E-state index in [1.807, 2.05) is 20.8 Å². The lowest BCUT2D eigenvalue weighted by Crippen LogP contribution is -2.28. The molecule has 8 heteroatoms. The standard InChI is InChI=1S/C23H26N2O6/c1-4-12-30-23(27)21(14-17-6-5-7-19(13-17)25(28)29)24-22(26)18-8-10-20(11-9-18)31-15-16(2)3/h5-11,13-14,16H,4,12,15H2,1-3H3,(H,24,26)/b21-14-. The van der Waals surface area contributed by atoms with Crippen LogP contribution in [0, 0.1) is 16.0 Å². The van der Waals surface area contributed by atoms with Gasteiger partial charge in [-0.3, -0.25) is 14.9 Å². The Labute approximate surface area is 181 Å². The third kappa shape index (κ3) is 7.58. The van der Waals surface area contributed by atoms with Gasteiger partial charge in [0.25, 0.3) is 11.6 Å². The van der Waals surface area contributed by atoms with Crippen molar-refractivity contribution in [2.24, 2.45) is 5.92 Å². The number of esters is 1. The van der Waals surface area contributed by atoms with E-state index in [0.29, 0.717) is 35.8 Å². The van der Waals surface area contributed by atoms with Gasteiger partial charge in [-0.2, -0.15) is 0 Å². The maximum Gasteiger partial charge on any atom is 0.354 e. The molecule has 0 bridgehead atoms. The van der Waals surface area contributed by atoms with E-state index in [1.165, 1.54) is 24.3 Å². The number of ether oxygens (including phenoxy) is 2. The second-order valence-electron chi connectivity index (χ2n) is 7.23. The molecule has 0 saturated heterocycles. The Hall–Kier alpha value is -3.68. The van der Waals surface area contributed by atoms with Crippen molar-refractivity contribution in [3.63, 3.8) is 0 Å². The average molecular weight is 426 g/mol. The summed E-state index contributed by atoms with van der Waals surface area (Å²) in [5.74, 6) is -0.224. The molecule has 0 atom stereocenters. The van der Waals surface area contributed by atoms with Gasteiger partial charge in [-0.1, -0.05) is 32.9 Å². The van der Waals surface area contributed by atoms with Crippen LogP contribution in [-0.2, 0) is 9.53 Å². The summed E-state index contributed by atoms with van der Waals surface area (Å²) in [5, 5.41) is 13.5. The highest BCUT2D eigenvalue weighted by Crippen LogP contribution is 2.17. The summed E-state index contributed by atoms with van der Waals surface area (Å²) in [7, 11) is 0. The minimum atomic E-state index is -0.724. The van der Waals surface area contributed by atoms with Gasteiger partial charge in [0.2, 0.25) is 0 Å². The Bertz CT molecular complexity index is 951. The molecule has 2 rings (SSSR count). The number of nitro benzene ring substituents is 1. The monoisotopic (exact) mass is 426 g/mol. The molecule has 0 aliphatic carbocycles. The Morgan fingerprint density at radius 3 is 2.48 bits per heavy atom. The first kappa shape index (κ1) is 23.6. The van der Waals surface area contributed by atoms with Crippen molar-refractivity contribution >= 4 is 23.6 Å². The molecule has 0 fully saturated rings. The molecule has 0 spiro atoms. The van der Waals surface area contributed by atoms with Gasteiger partial charge in [0, 0.05) is 17.7 Å². The number of hydrogen-bond donors (Lipinski definition) is 1. The minimum absolute atomic E-state index is 0.112. The summed E-state index contributed by atoms with van der Waals surface area (Å²) < 4.78 is 10.7. The Morgan fingerprint density at radius 2 is 1.87 bits per heavy atom. The van der Waals surface area contributed by atoms with E-state index in [9.17, 15) is 19.7 Å². The SMILES string of the molecule is CCCOC(=O)/C(=C/c1cccc([N+](=O)[O-])c1)NC(=O)c1ccc(OCC(C)C)cc1. The van der Waals surface area contributed by atoms with Crippen LogP contribution in [-0.4, -0.2) is 30.0 Å². The number of carbonyl (C=O) groups excluding carboxylic acids is 2. The molecule has 1 N–H and O–H groups in total. The van der Waals surface area contributed by atoms with Crippen LogP contribution >= 0.6 is 0 Å². The molecule has 2 aromatic rings. The lowest BCUT2D eigenvalue weighted by molar-refractivity contribution is -0.384. The normalized spacial score (nSPS) is 11.2. The second-order valence-corrected chi connectivity index (χ2v) is 7.23. The Balaban J connectivity index is 2.22. The van der Waals surface area contributed by atoms with Crippen molar-refractivity contribution in [3.8, 4) is 5.75 Å². The summed E-state index contributed by atoms with van der Waals surface area (Å²) in [4.78, 5) is 35.6. The lowest BCUT2D eigenvalue weighted by atomic mass is 10.1. The number of hydrogen-bond acceptors (Lipinski definition) is 6. The van der Waals surface area contributed by atoms with Crippen LogP contribution in [0.1, 0.15) is 43.1 Å². The van der Waals surface area contributed by atoms with Crippen molar-refractivity contribution in [3.05, 3.63) is 75.5 Å². The number of benzene rings is 2. The van der Waals surface area contributed by atoms with E-state index in [0.717, 1.165) is 0 Å². The van der Waals surface area contributed by atoms with Crippen LogP contribution in [0.5, 0.6) is 5.75 Å². The maximum absolute atomic E-state index is 12.7. The van der Waals surface area contributed by atoms with Gasteiger partial charge in [0.15, 0.2) is 0 Å². The minimum Gasteiger partial charge on any atom is -0.493 e. The predicted molar refractivity (Wildman–Crippen MR) is 117 cm³/mol. The molecule has 2 aromatic carbocycles. The predicted octanol–water partition coefficient (Wildman–Crippen LogP) is 4.35. The number of carbonyl (C=O) groups is 2. The number of non-ortho nitro benzene ring substituents is 1. The zero-order chi connectivity index (χ0) is 22.8. The van der Waals surface area contributed by atoms with E-state index in [1.54, 1.807) is 30.3 Å². The highest BCUT2D eigenvalue weighted by Gasteiger charge is 2.17. The third-order valence-corrected chi connectivity index (χ3v) is 4.00. The van der Waals surface area contributed by atoms with Crippen LogP contribution < -0.4 is 10.1 Å². The summed E-state index contributed by atoms with van der Waals surface area (Å²) >= 11 is 0. The summed E-state index contributed by atoms with van der Waals surface area (Å²) in [6, 6.07) is 12.3. The van der Waals surface area contributed by atoms with Gasteiger partial charge in [0.05, 0.1) is 18.1 Å². The summed E-state index contributed by atoms with van der Waals surface area (Å²) in [6.07, 6.45) is 1.96. The van der Waals surface area contributed by atoms with E-state index in [2.05, 4.69) is 5.32 Å². The molecule has 164 valence electrons. The lowest BCUT2D eigenvalue weighted by Gasteiger charge is -2.11. The molecule has 0 aromatic heterocycles. The van der Waals surface area contributed by atoms with E-state index >= 15 is 0 Å². The van der Waals surface area contributed by atoms with Crippen LogP contribution in [0.25, 0.3) is 6.08 Å². The second kappa shape index (κ2) is 11.5. The fourth-order valence-corrected chi connectivity index (χ4v) is 2.47. The van der Waals surface area contributed by atoms with Gasteiger partial charge < -0.3 is 14.8 Å². The van der Waals surface area contributed by atoms with Crippen LogP contribution in [0.15, 0.2) is 54.2 Å². The topological polar surface area (TPSA) is 108 Å². The van der Waals surface area contributed by atoms with Gasteiger partial charge in [-0.25, -0.2) is 4.79 Å². The number of amides is 1. The van der Waals surface area contributed by atoms with Crippen molar-refractivity contribution in [1.29, 1.82) is 0 Å². The first-order valence-corrected chi connectivity index (χ1v) is 9.97. The molecule has 31 heavy (non-hydrogen) atoms. The molecule has 0 heterocycles. The van der Waals surface area contributed by atoms with Gasteiger partial charge in [-0.15, -0.1) is 0 Å². The van der Waals surface area contributed by atoms with Crippen molar-refractivity contribution in [1.82, 2.24) is 5.32 Å². The van der Waals surface area contributed by atoms with Crippen molar-refractivity contribution in [2.75, 3.05) is 13.2 Å². The zero-order valence-electron chi connectivity index (χ0n) is 17.8. The quantitative estimate of drug-likeness (QED) is 0.262. The van der Waals surface area contributed by atoms with E-state index < -0.39 is 16.8 Å². The molecule has 0 aliphatic heterocycles. The molecule has 0 saturated carbocycles. The number of nitrogens with zero attached hydrogens (tertiary/aromatic N) is 1. The molecular formula is C23H26N2O6. The molecular weight excluding hydrogens is 400 g/mol. The summed E-state index contributed by atoms with van der Waals surface area (Å²) in [6.45, 7) is 6.66. The van der Waals surface area contributed by atoms with Crippen LogP contribution in [0.3, 0.4) is 0 Å². The first-order chi connectivity index (χ1) is 14.8. The largest absolute Gasteiger partial charge is 0.493 e.